The summed E-state index contributed by atoms with van der Waals surface area (Å²) in [5.74, 6) is -3.21. The van der Waals surface area contributed by atoms with E-state index < -0.39 is 36.5 Å². The first-order valence-electron chi connectivity index (χ1n) is 17.8. The number of amides is 1. The molecule has 3 aromatic heterocycles. The highest BCUT2D eigenvalue weighted by molar-refractivity contribution is 5.99. The van der Waals surface area contributed by atoms with E-state index >= 15 is 0 Å². The molecule has 3 heterocycles. The molecule has 0 bridgehead atoms. The summed E-state index contributed by atoms with van der Waals surface area (Å²) in [7, 11) is 0. The third kappa shape index (κ3) is 9.59. The summed E-state index contributed by atoms with van der Waals surface area (Å²) in [6, 6.07) is 20.5. The molecule has 0 unspecified atom stereocenters. The first-order valence-corrected chi connectivity index (χ1v) is 17.8. The van der Waals surface area contributed by atoms with Crippen LogP contribution in [-0.4, -0.2) is 54.5 Å². The molecule has 5 aromatic rings. The number of aromatic nitrogens is 6. The third-order valence-electron chi connectivity index (χ3n) is 10.2. The molecule has 2 aliphatic carbocycles. The number of halogens is 6. The minimum Gasteiger partial charge on any atom is -0.413 e. The van der Waals surface area contributed by atoms with Gasteiger partial charge in [-0.15, -0.1) is 10.2 Å². The molecule has 1 N–H and O–H groups in total. The molecule has 2 aromatic carbocycles. The highest BCUT2D eigenvalue weighted by Crippen LogP contribution is 2.44. The molecule has 55 heavy (non-hydrogen) atoms. The summed E-state index contributed by atoms with van der Waals surface area (Å²) >= 11 is 0. The van der Waals surface area contributed by atoms with Gasteiger partial charge in [0.05, 0.1) is 17.7 Å². The predicted octanol–water partition coefficient (Wildman–Crippen LogP) is 7.99. The maximum Gasteiger partial charge on any atom is 0.471 e. The van der Waals surface area contributed by atoms with E-state index in [4.69, 9.17) is 0 Å². The molecule has 10 nitrogen and oxygen atoms in total. The monoisotopic (exact) mass is 765 g/mol. The van der Waals surface area contributed by atoms with Crippen molar-refractivity contribution >= 4 is 11.7 Å². The van der Waals surface area contributed by atoms with Gasteiger partial charge in [-0.25, -0.2) is 19.9 Å². The number of hydrogen-bond acceptors (Lipinski definition) is 9. The van der Waals surface area contributed by atoms with Crippen LogP contribution in [0.15, 0.2) is 89.9 Å². The summed E-state index contributed by atoms with van der Waals surface area (Å²) in [5.41, 5.74) is 2.82. The number of nitrogens with one attached hydrogen (secondary N) is 1. The van der Waals surface area contributed by atoms with E-state index in [-0.39, 0.29) is 27.8 Å². The number of alkyl halides is 6. The second kappa shape index (κ2) is 16.4. The number of hydrogen-bond donors (Lipinski definition) is 1. The van der Waals surface area contributed by atoms with Crippen molar-refractivity contribution in [2.75, 3.05) is 6.54 Å². The highest BCUT2D eigenvalue weighted by Gasteiger charge is 2.40. The number of Topliss-reactive ketones (excluding diaryl/α,β-unsaturated/α-hetero) is 1. The minimum atomic E-state index is -5.02. The van der Waals surface area contributed by atoms with Gasteiger partial charge >= 0.3 is 24.2 Å². The SMILES string of the molecule is FC(F)(F)c1nnc(-c2cnc(CC3(c4ccccc4)CCCC3)nc2)o1.O=C(CNC(=O)C(F)(F)F)c1cnc(CC2(c3ccccc3)CCCC2)nc1. The van der Waals surface area contributed by atoms with Gasteiger partial charge in [-0.3, -0.25) is 9.59 Å². The Bertz CT molecular complexity index is 2030. The standard InChI is InChI=1S/C20H20F3N3O2.C19H17F3N4O/c21-20(22,23)18(28)26-13-16(27)14-11-24-17(25-12-14)10-19(8-4-5-9-19)15-6-2-1-3-7-15;20-19(21,22)17-26-25-16(27-17)13-11-23-15(24-12-13)10-18(8-4-5-9-18)14-6-2-1-3-7-14/h1-3,6-7,11-12H,4-5,8-10,13H2,(H,26,28);1-3,6-7,11-12H,4-5,8-10H2. The lowest BCUT2D eigenvalue weighted by atomic mass is 9.76. The second-order valence-electron chi connectivity index (χ2n) is 13.9. The predicted molar refractivity (Wildman–Crippen MR) is 186 cm³/mol. The lowest BCUT2D eigenvalue weighted by Gasteiger charge is -2.29. The molecule has 2 saturated carbocycles. The molecular formula is C39H37F6N7O3. The lowest BCUT2D eigenvalue weighted by molar-refractivity contribution is -0.173. The van der Waals surface area contributed by atoms with Gasteiger partial charge in [0.25, 0.3) is 5.89 Å². The molecule has 288 valence electrons. The molecule has 0 spiro atoms. The van der Waals surface area contributed by atoms with Crippen LogP contribution >= 0.6 is 0 Å². The molecule has 16 heteroatoms. The van der Waals surface area contributed by atoms with Crippen LogP contribution in [0, 0.1) is 0 Å². The largest absolute Gasteiger partial charge is 0.471 e. The number of rotatable bonds is 10. The van der Waals surface area contributed by atoms with Gasteiger partial charge in [0.1, 0.15) is 11.6 Å². The molecule has 2 aliphatic rings. The van der Waals surface area contributed by atoms with Crippen LogP contribution in [0.25, 0.3) is 11.5 Å². The third-order valence-corrected chi connectivity index (χ3v) is 10.2. The minimum absolute atomic E-state index is 0.0106. The molecular weight excluding hydrogens is 728 g/mol. The molecule has 1 amide bonds. The number of carbonyl (C=O) groups excluding carboxylic acids is 2. The van der Waals surface area contributed by atoms with Crippen molar-refractivity contribution in [1.82, 2.24) is 35.5 Å². The fourth-order valence-electron chi connectivity index (χ4n) is 7.39. The van der Waals surface area contributed by atoms with Gasteiger partial charge in [-0.05, 0) is 36.8 Å². The number of carbonyl (C=O) groups is 2. The van der Waals surface area contributed by atoms with Crippen LogP contribution < -0.4 is 5.32 Å². The van der Waals surface area contributed by atoms with E-state index in [1.807, 2.05) is 36.4 Å². The Labute approximate surface area is 312 Å². The molecule has 0 aliphatic heterocycles. The van der Waals surface area contributed by atoms with Crippen LogP contribution in [0.4, 0.5) is 26.3 Å². The summed E-state index contributed by atoms with van der Waals surface area (Å²) in [6.07, 6.45) is 5.90. The van der Waals surface area contributed by atoms with Gasteiger partial charge in [0.15, 0.2) is 5.78 Å². The average Bonchev–Trinajstić information content (AvgIpc) is 3.98. The van der Waals surface area contributed by atoms with Crippen molar-refractivity contribution in [3.63, 3.8) is 0 Å². The van der Waals surface area contributed by atoms with Gasteiger partial charge in [-0.2, -0.15) is 26.3 Å². The van der Waals surface area contributed by atoms with Gasteiger partial charge in [-0.1, -0.05) is 86.3 Å². The van der Waals surface area contributed by atoms with Crippen molar-refractivity contribution in [2.24, 2.45) is 0 Å². The van der Waals surface area contributed by atoms with Crippen LogP contribution in [0.1, 0.15) is 90.4 Å². The van der Waals surface area contributed by atoms with E-state index in [1.54, 1.807) is 5.32 Å². The Morgan fingerprint density at radius 2 is 1.11 bits per heavy atom. The maximum absolute atomic E-state index is 12.6. The van der Waals surface area contributed by atoms with Crippen molar-refractivity contribution in [2.45, 2.75) is 87.4 Å². The summed E-state index contributed by atoms with van der Waals surface area (Å²) in [4.78, 5) is 39.9. The summed E-state index contributed by atoms with van der Waals surface area (Å²) in [6.45, 7) is -0.755. The van der Waals surface area contributed by atoms with E-state index in [0.717, 1.165) is 51.4 Å². The molecule has 0 radical (unpaired) electrons. The van der Waals surface area contributed by atoms with Crippen molar-refractivity contribution in [1.29, 1.82) is 0 Å². The number of benzene rings is 2. The fraction of sp³-hybridized carbons (Fsp3) is 0.385. The lowest BCUT2D eigenvalue weighted by Crippen LogP contribution is -2.39. The van der Waals surface area contributed by atoms with E-state index in [2.05, 4.69) is 58.8 Å². The van der Waals surface area contributed by atoms with Gasteiger partial charge < -0.3 is 9.73 Å². The fourth-order valence-corrected chi connectivity index (χ4v) is 7.39. The average molecular weight is 766 g/mol. The quantitative estimate of drug-likeness (QED) is 0.111. The van der Waals surface area contributed by atoms with E-state index in [9.17, 15) is 35.9 Å². The molecule has 7 rings (SSSR count). The van der Waals surface area contributed by atoms with E-state index in [0.29, 0.717) is 24.5 Å². The second-order valence-corrected chi connectivity index (χ2v) is 13.9. The van der Waals surface area contributed by atoms with Gasteiger partial charge in [0.2, 0.25) is 0 Å². The Morgan fingerprint density at radius 1 is 0.655 bits per heavy atom. The highest BCUT2D eigenvalue weighted by atomic mass is 19.4. The normalized spacial score (nSPS) is 16.3. The molecule has 0 saturated heterocycles. The topological polar surface area (TPSA) is 137 Å². The Kier molecular flexibility index (Phi) is 11.7. The Hall–Kier alpha value is -5.54. The number of ketones is 1. The van der Waals surface area contributed by atoms with Crippen LogP contribution in [0.5, 0.6) is 0 Å². The molecule has 2 fully saturated rings. The van der Waals surface area contributed by atoms with Gasteiger partial charge in [0, 0.05) is 48.5 Å². The summed E-state index contributed by atoms with van der Waals surface area (Å²) < 4.78 is 79.0. The Morgan fingerprint density at radius 3 is 1.53 bits per heavy atom. The first-order chi connectivity index (χ1) is 26.3. The van der Waals surface area contributed by atoms with Crippen molar-refractivity contribution < 1.29 is 40.3 Å². The zero-order chi connectivity index (χ0) is 39.1. The van der Waals surface area contributed by atoms with Crippen LogP contribution in [0.2, 0.25) is 0 Å². The first kappa shape index (κ1) is 39.2. The molecule has 0 atom stereocenters. The number of nitrogens with zero attached hydrogens (tertiary/aromatic N) is 6. The van der Waals surface area contributed by atoms with Crippen LogP contribution in [0.3, 0.4) is 0 Å². The van der Waals surface area contributed by atoms with Crippen molar-refractivity contribution in [3.8, 4) is 11.5 Å². The van der Waals surface area contributed by atoms with Crippen LogP contribution in [-0.2, 0) is 34.6 Å². The van der Waals surface area contributed by atoms with Crippen molar-refractivity contribution in [3.05, 3.63) is 120 Å². The maximum atomic E-state index is 12.6. The smallest absolute Gasteiger partial charge is 0.413 e. The van der Waals surface area contributed by atoms with E-state index in [1.165, 1.54) is 35.9 Å². The Balaban J connectivity index is 0.000000187. The zero-order valence-corrected chi connectivity index (χ0v) is 29.5. The zero-order valence-electron chi connectivity index (χ0n) is 29.5. The summed E-state index contributed by atoms with van der Waals surface area (Å²) in [5, 5.41) is 8.01.